The number of hydrogen-bond acceptors (Lipinski definition) is 4. The molecule has 2 heterocycles. The standard InChI is InChI=1S/C15H20N4/c1-11-14(6-7-16-3)12(2)19-15(18-11)10-13-4-8-17-9-5-13/h4-5,8-9,16H,6-7,10H2,1-3H3. The lowest BCUT2D eigenvalue weighted by Crippen LogP contribution is -2.14. The van der Waals surface area contributed by atoms with Crippen molar-refractivity contribution in [2.45, 2.75) is 26.7 Å². The molecule has 2 rings (SSSR count). The van der Waals surface area contributed by atoms with Crippen LogP contribution in [0.5, 0.6) is 0 Å². The van der Waals surface area contributed by atoms with E-state index >= 15 is 0 Å². The summed E-state index contributed by atoms with van der Waals surface area (Å²) in [6, 6.07) is 4.01. The van der Waals surface area contributed by atoms with Gasteiger partial charge in [0.2, 0.25) is 0 Å². The van der Waals surface area contributed by atoms with Crippen molar-refractivity contribution in [1.82, 2.24) is 20.3 Å². The van der Waals surface area contributed by atoms with E-state index in [1.54, 1.807) is 12.4 Å². The summed E-state index contributed by atoms with van der Waals surface area (Å²) in [5, 5.41) is 3.16. The Morgan fingerprint density at radius 2 is 1.68 bits per heavy atom. The average molecular weight is 256 g/mol. The molecule has 2 aromatic rings. The first-order valence-electron chi connectivity index (χ1n) is 6.57. The molecule has 0 aromatic carbocycles. The Morgan fingerprint density at radius 1 is 1.05 bits per heavy atom. The van der Waals surface area contributed by atoms with Crippen molar-refractivity contribution in [1.29, 1.82) is 0 Å². The first-order valence-corrected chi connectivity index (χ1v) is 6.57. The van der Waals surface area contributed by atoms with Crippen molar-refractivity contribution in [2.24, 2.45) is 0 Å². The third-order valence-electron chi connectivity index (χ3n) is 3.20. The van der Waals surface area contributed by atoms with E-state index in [1.165, 1.54) is 11.1 Å². The molecule has 0 aliphatic heterocycles. The second-order valence-corrected chi connectivity index (χ2v) is 4.68. The number of nitrogens with one attached hydrogen (secondary N) is 1. The van der Waals surface area contributed by atoms with Crippen LogP contribution in [0.3, 0.4) is 0 Å². The van der Waals surface area contributed by atoms with Gasteiger partial charge in [0.1, 0.15) is 5.82 Å². The molecule has 0 atom stereocenters. The highest BCUT2D eigenvalue weighted by molar-refractivity contribution is 5.26. The van der Waals surface area contributed by atoms with Gasteiger partial charge in [-0.15, -0.1) is 0 Å². The van der Waals surface area contributed by atoms with Gasteiger partial charge in [0.15, 0.2) is 0 Å². The number of likely N-dealkylation sites (N-methyl/N-ethyl adjacent to an activating group) is 1. The summed E-state index contributed by atoms with van der Waals surface area (Å²) in [7, 11) is 1.96. The first kappa shape index (κ1) is 13.6. The van der Waals surface area contributed by atoms with E-state index in [4.69, 9.17) is 0 Å². The molecule has 0 amide bonds. The molecule has 2 aromatic heterocycles. The van der Waals surface area contributed by atoms with Gasteiger partial charge >= 0.3 is 0 Å². The van der Waals surface area contributed by atoms with Gasteiger partial charge in [-0.25, -0.2) is 9.97 Å². The van der Waals surface area contributed by atoms with Crippen LogP contribution in [0.1, 0.15) is 28.3 Å². The highest BCUT2D eigenvalue weighted by Gasteiger charge is 2.08. The lowest BCUT2D eigenvalue weighted by atomic mass is 10.1. The topological polar surface area (TPSA) is 50.7 Å². The van der Waals surface area contributed by atoms with Gasteiger partial charge in [0.05, 0.1) is 0 Å². The summed E-state index contributed by atoms with van der Waals surface area (Å²) in [6.45, 7) is 5.08. The molecule has 0 fully saturated rings. The molecular formula is C15H20N4. The van der Waals surface area contributed by atoms with Gasteiger partial charge in [0.25, 0.3) is 0 Å². The highest BCUT2D eigenvalue weighted by atomic mass is 14.9. The predicted octanol–water partition coefficient (Wildman–Crippen LogP) is 1.84. The van der Waals surface area contributed by atoms with Crippen LogP contribution in [0.25, 0.3) is 0 Å². The largest absolute Gasteiger partial charge is 0.319 e. The summed E-state index contributed by atoms with van der Waals surface area (Å²) in [4.78, 5) is 13.3. The van der Waals surface area contributed by atoms with Crippen LogP contribution in [0.2, 0.25) is 0 Å². The lowest BCUT2D eigenvalue weighted by Gasteiger charge is -2.10. The van der Waals surface area contributed by atoms with Gasteiger partial charge in [0, 0.05) is 30.2 Å². The number of nitrogens with zero attached hydrogens (tertiary/aromatic N) is 3. The predicted molar refractivity (Wildman–Crippen MR) is 76.2 cm³/mol. The molecule has 19 heavy (non-hydrogen) atoms. The number of aryl methyl sites for hydroxylation is 2. The minimum Gasteiger partial charge on any atom is -0.319 e. The van der Waals surface area contributed by atoms with Crippen LogP contribution < -0.4 is 5.32 Å². The first-order chi connectivity index (χ1) is 9.20. The maximum atomic E-state index is 4.62. The molecule has 0 aliphatic carbocycles. The minimum atomic E-state index is 0.760. The van der Waals surface area contributed by atoms with Crippen molar-refractivity contribution < 1.29 is 0 Å². The van der Waals surface area contributed by atoms with Crippen molar-refractivity contribution in [3.05, 3.63) is 52.9 Å². The second-order valence-electron chi connectivity index (χ2n) is 4.68. The van der Waals surface area contributed by atoms with Crippen molar-refractivity contribution in [3.8, 4) is 0 Å². The summed E-state index contributed by atoms with van der Waals surface area (Å²) in [5.41, 5.74) is 4.63. The third-order valence-corrected chi connectivity index (χ3v) is 3.20. The molecule has 0 unspecified atom stereocenters. The Balaban J connectivity index is 2.20. The van der Waals surface area contributed by atoms with Crippen LogP contribution in [0.4, 0.5) is 0 Å². The van der Waals surface area contributed by atoms with Crippen LogP contribution in [0.15, 0.2) is 24.5 Å². The van der Waals surface area contributed by atoms with E-state index in [-0.39, 0.29) is 0 Å². The fraction of sp³-hybridized carbons (Fsp3) is 0.400. The van der Waals surface area contributed by atoms with E-state index in [0.717, 1.165) is 36.6 Å². The lowest BCUT2D eigenvalue weighted by molar-refractivity contribution is 0.766. The van der Waals surface area contributed by atoms with Crippen molar-refractivity contribution in [3.63, 3.8) is 0 Å². The molecule has 4 heteroatoms. The van der Waals surface area contributed by atoms with E-state index in [0.29, 0.717) is 0 Å². The quantitative estimate of drug-likeness (QED) is 0.887. The van der Waals surface area contributed by atoms with Crippen LogP contribution >= 0.6 is 0 Å². The Bertz CT molecular complexity index is 514. The Kier molecular flexibility index (Phi) is 4.58. The Morgan fingerprint density at radius 3 is 2.26 bits per heavy atom. The number of pyridine rings is 1. The van der Waals surface area contributed by atoms with Crippen LogP contribution in [-0.2, 0) is 12.8 Å². The molecule has 0 saturated heterocycles. The second kappa shape index (κ2) is 6.38. The molecule has 100 valence electrons. The highest BCUT2D eigenvalue weighted by Crippen LogP contribution is 2.13. The van der Waals surface area contributed by atoms with Gasteiger partial charge in [-0.3, -0.25) is 4.98 Å². The molecule has 0 aliphatic rings. The van der Waals surface area contributed by atoms with Crippen LogP contribution in [-0.4, -0.2) is 28.5 Å². The molecule has 0 spiro atoms. The van der Waals surface area contributed by atoms with Gasteiger partial charge < -0.3 is 5.32 Å². The molecule has 4 nitrogen and oxygen atoms in total. The fourth-order valence-electron chi connectivity index (χ4n) is 2.18. The van der Waals surface area contributed by atoms with Crippen molar-refractivity contribution >= 4 is 0 Å². The monoisotopic (exact) mass is 256 g/mol. The molecule has 0 saturated carbocycles. The van der Waals surface area contributed by atoms with Crippen molar-refractivity contribution in [2.75, 3.05) is 13.6 Å². The molecule has 0 radical (unpaired) electrons. The van der Waals surface area contributed by atoms with E-state index in [1.807, 2.05) is 19.2 Å². The number of hydrogen-bond donors (Lipinski definition) is 1. The number of rotatable bonds is 5. The Hall–Kier alpha value is -1.81. The fourth-order valence-corrected chi connectivity index (χ4v) is 2.18. The summed E-state index contributed by atoms with van der Waals surface area (Å²) in [5.74, 6) is 0.884. The van der Waals surface area contributed by atoms with E-state index in [2.05, 4.69) is 34.1 Å². The van der Waals surface area contributed by atoms with E-state index in [9.17, 15) is 0 Å². The summed E-state index contributed by atoms with van der Waals surface area (Å²) < 4.78 is 0. The Labute approximate surface area is 114 Å². The zero-order valence-corrected chi connectivity index (χ0v) is 11.8. The summed E-state index contributed by atoms with van der Waals surface area (Å²) >= 11 is 0. The summed E-state index contributed by atoms with van der Waals surface area (Å²) in [6.07, 6.45) is 5.34. The maximum Gasteiger partial charge on any atom is 0.133 e. The van der Waals surface area contributed by atoms with Gasteiger partial charge in [-0.2, -0.15) is 0 Å². The normalized spacial score (nSPS) is 10.7. The molecular weight excluding hydrogens is 236 g/mol. The zero-order valence-electron chi connectivity index (χ0n) is 11.8. The smallest absolute Gasteiger partial charge is 0.133 e. The third kappa shape index (κ3) is 3.58. The maximum absolute atomic E-state index is 4.62. The SMILES string of the molecule is CNCCc1c(C)nc(Cc2ccncc2)nc1C. The average Bonchev–Trinajstić information content (AvgIpc) is 2.39. The molecule has 0 bridgehead atoms. The molecule has 1 N–H and O–H groups in total. The van der Waals surface area contributed by atoms with E-state index < -0.39 is 0 Å². The van der Waals surface area contributed by atoms with Crippen LogP contribution in [0, 0.1) is 13.8 Å². The van der Waals surface area contributed by atoms with Gasteiger partial charge in [-0.05, 0) is 57.1 Å². The zero-order chi connectivity index (χ0) is 13.7. The minimum absolute atomic E-state index is 0.760. The van der Waals surface area contributed by atoms with Gasteiger partial charge in [-0.1, -0.05) is 0 Å². The number of aromatic nitrogens is 3.